The van der Waals surface area contributed by atoms with Crippen LogP contribution in [0, 0.1) is 0 Å². The highest BCUT2D eigenvalue weighted by Crippen LogP contribution is 2.23. The summed E-state index contributed by atoms with van der Waals surface area (Å²) in [6.45, 7) is 0. The second kappa shape index (κ2) is 4.46. The van der Waals surface area contributed by atoms with Crippen LogP contribution in [0.3, 0.4) is 0 Å². The van der Waals surface area contributed by atoms with Crippen LogP contribution in [0.15, 0.2) is 30.7 Å². The Morgan fingerprint density at radius 1 is 1.30 bits per heavy atom. The van der Waals surface area contributed by atoms with Gasteiger partial charge >= 0.3 is 0 Å². The monoisotopic (exact) mass is 288 g/mol. The van der Waals surface area contributed by atoms with Crippen molar-refractivity contribution in [2.75, 3.05) is 5.73 Å². The van der Waals surface area contributed by atoms with Crippen molar-refractivity contribution in [2.45, 2.75) is 0 Å². The first-order valence-corrected chi connectivity index (χ1v) is 5.99. The molecule has 0 saturated heterocycles. The summed E-state index contributed by atoms with van der Waals surface area (Å²) < 4.78 is 1.54. The van der Waals surface area contributed by atoms with Gasteiger partial charge in [0, 0.05) is 0 Å². The lowest BCUT2D eigenvalue weighted by Gasteiger charge is -2.06. The van der Waals surface area contributed by atoms with E-state index in [1.165, 1.54) is 11.0 Å². The third kappa shape index (κ3) is 1.84. The standard InChI is InChI=1S/C12H9ClN6O/c13-9-2-1-6(3-7(9)11(15)20)19-12-8(4-18-19)10(14)16-5-17-12/h1-5H,(H2,15,20)(H2,14,16,17). The van der Waals surface area contributed by atoms with Crippen molar-refractivity contribution in [3.05, 3.63) is 41.3 Å². The van der Waals surface area contributed by atoms with E-state index in [1.807, 2.05) is 0 Å². The van der Waals surface area contributed by atoms with Gasteiger partial charge in [0.25, 0.3) is 0 Å². The lowest BCUT2D eigenvalue weighted by atomic mass is 10.2. The fourth-order valence-electron chi connectivity index (χ4n) is 1.88. The van der Waals surface area contributed by atoms with Gasteiger partial charge in [-0.3, -0.25) is 4.79 Å². The number of halogens is 1. The summed E-state index contributed by atoms with van der Waals surface area (Å²) in [4.78, 5) is 19.4. The van der Waals surface area contributed by atoms with Crippen LogP contribution in [0.4, 0.5) is 5.82 Å². The summed E-state index contributed by atoms with van der Waals surface area (Å²) >= 11 is 5.92. The minimum Gasteiger partial charge on any atom is -0.383 e. The summed E-state index contributed by atoms with van der Waals surface area (Å²) in [5.41, 5.74) is 12.4. The average Bonchev–Trinajstić information content (AvgIpc) is 2.84. The maximum absolute atomic E-state index is 11.3. The molecular weight excluding hydrogens is 280 g/mol. The second-order valence-electron chi connectivity index (χ2n) is 4.08. The van der Waals surface area contributed by atoms with Crippen molar-refractivity contribution >= 4 is 34.4 Å². The van der Waals surface area contributed by atoms with Crippen molar-refractivity contribution in [1.29, 1.82) is 0 Å². The Morgan fingerprint density at radius 2 is 2.10 bits per heavy atom. The molecule has 7 nitrogen and oxygen atoms in total. The molecule has 3 rings (SSSR count). The number of nitrogen functional groups attached to an aromatic ring is 1. The van der Waals surface area contributed by atoms with E-state index in [4.69, 9.17) is 23.1 Å². The lowest BCUT2D eigenvalue weighted by Crippen LogP contribution is -2.12. The Kier molecular flexibility index (Phi) is 2.76. The van der Waals surface area contributed by atoms with Crippen molar-refractivity contribution in [2.24, 2.45) is 5.73 Å². The number of carbonyl (C=O) groups is 1. The Morgan fingerprint density at radius 3 is 2.85 bits per heavy atom. The predicted molar refractivity (Wildman–Crippen MR) is 74.6 cm³/mol. The quantitative estimate of drug-likeness (QED) is 0.734. The highest BCUT2D eigenvalue weighted by molar-refractivity contribution is 6.33. The molecule has 2 heterocycles. The third-order valence-electron chi connectivity index (χ3n) is 2.86. The van der Waals surface area contributed by atoms with Crippen LogP contribution in [0.1, 0.15) is 10.4 Å². The second-order valence-corrected chi connectivity index (χ2v) is 4.49. The number of hydrogen-bond donors (Lipinski definition) is 2. The Bertz CT molecular complexity index is 828. The van der Waals surface area contributed by atoms with E-state index in [9.17, 15) is 4.79 Å². The molecule has 0 aliphatic heterocycles. The minimum absolute atomic E-state index is 0.217. The zero-order chi connectivity index (χ0) is 14.3. The smallest absolute Gasteiger partial charge is 0.250 e. The van der Waals surface area contributed by atoms with Gasteiger partial charge < -0.3 is 11.5 Å². The summed E-state index contributed by atoms with van der Waals surface area (Å²) in [6.07, 6.45) is 2.91. The number of nitrogens with zero attached hydrogens (tertiary/aromatic N) is 4. The van der Waals surface area contributed by atoms with Gasteiger partial charge in [0.1, 0.15) is 12.1 Å². The van der Waals surface area contributed by atoms with Gasteiger partial charge in [-0.1, -0.05) is 11.6 Å². The zero-order valence-corrected chi connectivity index (χ0v) is 10.9. The predicted octanol–water partition coefficient (Wildman–Crippen LogP) is 1.15. The molecule has 2 aromatic heterocycles. The molecule has 0 radical (unpaired) electrons. The van der Waals surface area contributed by atoms with Crippen LogP contribution >= 0.6 is 11.6 Å². The number of carbonyl (C=O) groups excluding carboxylic acids is 1. The van der Waals surface area contributed by atoms with Gasteiger partial charge in [0.2, 0.25) is 5.91 Å². The van der Waals surface area contributed by atoms with E-state index in [2.05, 4.69) is 15.1 Å². The van der Waals surface area contributed by atoms with Crippen molar-refractivity contribution in [3.63, 3.8) is 0 Å². The lowest BCUT2D eigenvalue weighted by molar-refractivity contribution is 0.100. The van der Waals surface area contributed by atoms with Gasteiger partial charge in [-0.2, -0.15) is 5.10 Å². The number of fused-ring (bicyclic) bond motifs is 1. The van der Waals surface area contributed by atoms with Crippen molar-refractivity contribution < 1.29 is 4.79 Å². The number of primary amides is 1. The van der Waals surface area contributed by atoms with Gasteiger partial charge in [-0.05, 0) is 18.2 Å². The first kappa shape index (κ1) is 12.4. The minimum atomic E-state index is -0.609. The average molecular weight is 289 g/mol. The molecule has 0 saturated carbocycles. The Balaban J connectivity index is 2.24. The fraction of sp³-hybridized carbons (Fsp3) is 0. The molecule has 3 aromatic rings. The summed E-state index contributed by atoms with van der Waals surface area (Å²) in [7, 11) is 0. The third-order valence-corrected chi connectivity index (χ3v) is 3.19. The normalized spacial score (nSPS) is 10.8. The number of rotatable bonds is 2. The summed E-state index contributed by atoms with van der Waals surface area (Å²) in [5.74, 6) is -0.271. The van der Waals surface area contributed by atoms with E-state index in [0.29, 0.717) is 22.5 Å². The maximum Gasteiger partial charge on any atom is 0.250 e. The molecule has 1 amide bonds. The van der Waals surface area contributed by atoms with Crippen LogP contribution in [0.2, 0.25) is 5.02 Å². The van der Waals surface area contributed by atoms with Gasteiger partial charge in [0.05, 0.1) is 27.9 Å². The number of benzene rings is 1. The van der Waals surface area contributed by atoms with E-state index < -0.39 is 5.91 Å². The van der Waals surface area contributed by atoms with E-state index in [0.717, 1.165) is 0 Å². The highest BCUT2D eigenvalue weighted by Gasteiger charge is 2.12. The Labute approximate surface area is 118 Å². The molecule has 100 valence electrons. The molecule has 0 spiro atoms. The molecule has 8 heteroatoms. The number of aromatic nitrogens is 4. The largest absolute Gasteiger partial charge is 0.383 e. The molecule has 0 unspecified atom stereocenters. The molecule has 0 fully saturated rings. The Hall–Kier alpha value is -2.67. The van der Waals surface area contributed by atoms with E-state index in [-0.39, 0.29) is 10.6 Å². The maximum atomic E-state index is 11.3. The van der Waals surface area contributed by atoms with Crippen LogP contribution < -0.4 is 11.5 Å². The van der Waals surface area contributed by atoms with Crippen LogP contribution in [0.5, 0.6) is 0 Å². The van der Waals surface area contributed by atoms with E-state index >= 15 is 0 Å². The van der Waals surface area contributed by atoms with Crippen LogP contribution in [-0.4, -0.2) is 25.7 Å². The topological polar surface area (TPSA) is 113 Å². The van der Waals surface area contributed by atoms with E-state index in [1.54, 1.807) is 24.4 Å². The van der Waals surface area contributed by atoms with Crippen LogP contribution in [-0.2, 0) is 0 Å². The number of amides is 1. The number of nitrogens with two attached hydrogens (primary N) is 2. The molecule has 1 aromatic carbocycles. The molecule has 0 aliphatic carbocycles. The molecular formula is C12H9ClN6O. The molecule has 4 N–H and O–H groups in total. The van der Waals surface area contributed by atoms with Crippen molar-refractivity contribution in [3.8, 4) is 5.69 Å². The summed E-state index contributed by atoms with van der Waals surface area (Å²) in [6, 6.07) is 4.84. The van der Waals surface area contributed by atoms with Gasteiger partial charge in [-0.15, -0.1) is 0 Å². The SMILES string of the molecule is NC(=O)c1cc(-n2ncc3c(N)ncnc32)ccc1Cl. The highest BCUT2D eigenvalue weighted by atomic mass is 35.5. The molecule has 20 heavy (non-hydrogen) atoms. The first-order valence-electron chi connectivity index (χ1n) is 5.62. The number of hydrogen-bond acceptors (Lipinski definition) is 5. The first-order chi connectivity index (χ1) is 9.58. The zero-order valence-electron chi connectivity index (χ0n) is 10.1. The molecule has 0 bridgehead atoms. The molecule has 0 atom stereocenters. The van der Waals surface area contributed by atoms with Gasteiger partial charge in [0.15, 0.2) is 5.65 Å². The van der Waals surface area contributed by atoms with Gasteiger partial charge in [-0.25, -0.2) is 14.6 Å². The fourth-order valence-corrected chi connectivity index (χ4v) is 2.10. The summed E-state index contributed by atoms with van der Waals surface area (Å²) in [5, 5.41) is 5.11. The molecule has 0 aliphatic rings. The van der Waals surface area contributed by atoms with Crippen LogP contribution in [0.25, 0.3) is 16.7 Å². The number of anilines is 1. The van der Waals surface area contributed by atoms with Crippen molar-refractivity contribution in [1.82, 2.24) is 19.7 Å².